The minimum Gasteiger partial charge on any atom is -0.314 e. The summed E-state index contributed by atoms with van der Waals surface area (Å²) in [5, 5.41) is 0. The summed E-state index contributed by atoms with van der Waals surface area (Å²) < 4.78 is 0. The topological polar surface area (TPSA) is 4.36 Å². The van der Waals surface area contributed by atoms with E-state index in [1.54, 1.807) is 0 Å². The highest BCUT2D eigenvalue weighted by Gasteiger charge is 2.11. The predicted octanol–water partition coefficient (Wildman–Crippen LogP) is 8.34. The second kappa shape index (κ2) is 19.5. The van der Waals surface area contributed by atoms with Crippen molar-refractivity contribution in [1.82, 2.24) is 0 Å². The fourth-order valence-electron chi connectivity index (χ4n) is 3.30. The van der Waals surface area contributed by atoms with Crippen LogP contribution in [0.1, 0.15) is 129 Å². The van der Waals surface area contributed by atoms with Gasteiger partial charge in [-0.25, -0.2) is 6.57 Å². The molecule has 0 aromatic carbocycles. The van der Waals surface area contributed by atoms with Crippen LogP contribution < -0.4 is 0 Å². The van der Waals surface area contributed by atoms with Crippen molar-refractivity contribution in [2.24, 2.45) is 0 Å². The summed E-state index contributed by atoms with van der Waals surface area (Å²) in [5.74, 6) is 0. The van der Waals surface area contributed by atoms with Crippen molar-refractivity contribution in [2.45, 2.75) is 135 Å². The molecule has 136 valence electrons. The van der Waals surface area contributed by atoms with Crippen molar-refractivity contribution in [2.75, 3.05) is 0 Å². The molecule has 0 heterocycles. The van der Waals surface area contributed by atoms with Crippen LogP contribution in [0.5, 0.6) is 0 Å². The van der Waals surface area contributed by atoms with Gasteiger partial charge in [0.05, 0.1) is 0 Å². The molecular weight excluding hydrogens is 278 g/mol. The minimum atomic E-state index is 0.315. The van der Waals surface area contributed by atoms with E-state index in [4.69, 9.17) is 6.57 Å². The van der Waals surface area contributed by atoms with Gasteiger partial charge in [-0.2, -0.15) is 0 Å². The molecule has 0 N–H and O–H groups in total. The number of rotatable bonds is 18. The molecule has 23 heavy (non-hydrogen) atoms. The summed E-state index contributed by atoms with van der Waals surface area (Å²) in [6, 6.07) is 0.315. The number of nitrogens with zero attached hydrogens (tertiary/aromatic N) is 1. The molecular formula is C22H43N. The van der Waals surface area contributed by atoms with E-state index in [-0.39, 0.29) is 0 Å². The number of hydrogen-bond acceptors (Lipinski definition) is 0. The van der Waals surface area contributed by atoms with E-state index in [1.807, 2.05) is 0 Å². The van der Waals surface area contributed by atoms with Gasteiger partial charge in [0.25, 0.3) is 0 Å². The van der Waals surface area contributed by atoms with E-state index in [2.05, 4.69) is 18.7 Å². The third kappa shape index (κ3) is 17.7. The maximum absolute atomic E-state index is 7.37. The molecule has 0 saturated heterocycles. The van der Waals surface area contributed by atoms with Gasteiger partial charge in [-0.1, -0.05) is 104 Å². The monoisotopic (exact) mass is 321 g/mol. The Labute approximate surface area is 147 Å². The van der Waals surface area contributed by atoms with Crippen molar-refractivity contribution in [1.29, 1.82) is 0 Å². The molecule has 0 unspecified atom stereocenters. The smallest absolute Gasteiger partial charge is 0.223 e. The van der Waals surface area contributed by atoms with Crippen LogP contribution in [-0.2, 0) is 0 Å². The van der Waals surface area contributed by atoms with Gasteiger partial charge in [-0.15, -0.1) is 0 Å². The standard InChI is InChI=1S/C22H43N/c1-4-6-8-10-12-14-16-18-20-22(23-3)21-19-17-15-13-11-9-7-5-2/h22H,4-21H2,1-2H3. The van der Waals surface area contributed by atoms with E-state index in [9.17, 15) is 0 Å². The molecule has 0 aliphatic heterocycles. The summed E-state index contributed by atoms with van der Waals surface area (Å²) in [6.45, 7) is 11.9. The van der Waals surface area contributed by atoms with Gasteiger partial charge in [0.2, 0.25) is 6.04 Å². The van der Waals surface area contributed by atoms with Crippen molar-refractivity contribution < 1.29 is 0 Å². The maximum Gasteiger partial charge on any atom is 0.223 e. The predicted molar refractivity (Wildman–Crippen MR) is 105 cm³/mol. The van der Waals surface area contributed by atoms with Crippen LogP contribution >= 0.6 is 0 Å². The summed E-state index contributed by atoms with van der Waals surface area (Å²) in [4.78, 5) is 3.85. The van der Waals surface area contributed by atoms with E-state index in [0.29, 0.717) is 6.04 Å². The molecule has 0 bridgehead atoms. The molecule has 0 rings (SSSR count). The third-order valence-corrected chi connectivity index (χ3v) is 4.96. The molecule has 0 fully saturated rings. The molecule has 0 aromatic rings. The van der Waals surface area contributed by atoms with Crippen LogP contribution in [0.15, 0.2) is 0 Å². The zero-order chi connectivity index (χ0) is 17.0. The van der Waals surface area contributed by atoms with Crippen LogP contribution in [0.25, 0.3) is 4.85 Å². The maximum atomic E-state index is 7.37. The quantitative estimate of drug-likeness (QED) is 0.176. The molecule has 0 spiro atoms. The molecule has 0 amide bonds. The SMILES string of the molecule is [C-]#[N+]C(CCCCCCCCCC)CCCCCCCCCC. The van der Waals surface area contributed by atoms with Gasteiger partial charge in [-0.3, -0.25) is 0 Å². The fourth-order valence-corrected chi connectivity index (χ4v) is 3.30. The van der Waals surface area contributed by atoms with E-state index in [0.717, 1.165) is 12.8 Å². The first kappa shape index (κ1) is 22.5. The highest BCUT2D eigenvalue weighted by atomic mass is 14.7. The van der Waals surface area contributed by atoms with Crippen molar-refractivity contribution >= 4 is 0 Å². The number of unbranched alkanes of at least 4 members (excludes halogenated alkanes) is 14. The summed E-state index contributed by atoms with van der Waals surface area (Å²) in [6.07, 6.45) is 24.2. The highest BCUT2D eigenvalue weighted by molar-refractivity contribution is 4.78. The Hall–Kier alpha value is -0.510. The molecule has 0 atom stereocenters. The normalized spacial score (nSPS) is 11.0. The second-order valence-electron chi connectivity index (χ2n) is 7.31. The molecule has 0 saturated carbocycles. The van der Waals surface area contributed by atoms with Crippen LogP contribution in [0, 0.1) is 6.57 Å². The van der Waals surface area contributed by atoms with Gasteiger partial charge < -0.3 is 4.85 Å². The third-order valence-electron chi connectivity index (χ3n) is 4.96. The Morgan fingerprint density at radius 2 is 0.826 bits per heavy atom. The first-order valence-corrected chi connectivity index (χ1v) is 10.7. The van der Waals surface area contributed by atoms with Crippen molar-refractivity contribution in [3.63, 3.8) is 0 Å². The van der Waals surface area contributed by atoms with Crippen molar-refractivity contribution in [3.05, 3.63) is 11.4 Å². The number of hydrogen-bond donors (Lipinski definition) is 0. The average Bonchev–Trinajstić information content (AvgIpc) is 2.57. The van der Waals surface area contributed by atoms with Gasteiger partial charge in [0, 0.05) is 12.8 Å². The lowest BCUT2D eigenvalue weighted by atomic mass is 10.0. The van der Waals surface area contributed by atoms with Crippen LogP contribution in [-0.4, -0.2) is 6.04 Å². The lowest BCUT2D eigenvalue weighted by Crippen LogP contribution is -2.01. The zero-order valence-corrected chi connectivity index (χ0v) is 16.3. The molecule has 1 heteroatoms. The lowest BCUT2D eigenvalue weighted by Gasteiger charge is -2.06. The Balaban J connectivity index is 3.31. The van der Waals surface area contributed by atoms with Crippen LogP contribution in [0.2, 0.25) is 0 Å². The molecule has 0 aromatic heterocycles. The van der Waals surface area contributed by atoms with Gasteiger partial charge in [-0.05, 0) is 12.8 Å². The van der Waals surface area contributed by atoms with Gasteiger partial charge in [0.15, 0.2) is 0 Å². The van der Waals surface area contributed by atoms with Gasteiger partial charge in [0.1, 0.15) is 0 Å². The zero-order valence-electron chi connectivity index (χ0n) is 16.3. The average molecular weight is 322 g/mol. The highest BCUT2D eigenvalue weighted by Crippen LogP contribution is 2.17. The first-order chi connectivity index (χ1) is 11.3. The van der Waals surface area contributed by atoms with E-state index < -0.39 is 0 Å². The van der Waals surface area contributed by atoms with E-state index >= 15 is 0 Å². The van der Waals surface area contributed by atoms with E-state index in [1.165, 1.54) is 103 Å². The Kier molecular flexibility index (Phi) is 19.1. The molecule has 0 aliphatic rings. The summed E-state index contributed by atoms with van der Waals surface area (Å²) >= 11 is 0. The van der Waals surface area contributed by atoms with Crippen LogP contribution in [0.3, 0.4) is 0 Å². The molecule has 0 radical (unpaired) electrons. The Morgan fingerprint density at radius 1 is 0.522 bits per heavy atom. The molecule has 1 nitrogen and oxygen atoms in total. The second-order valence-corrected chi connectivity index (χ2v) is 7.31. The summed E-state index contributed by atoms with van der Waals surface area (Å²) in [7, 11) is 0. The van der Waals surface area contributed by atoms with Crippen molar-refractivity contribution in [3.8, 4) is 0 Å². The minimum absolute atomic E-state index is 0.315. The Bertz CT molecular complexity index is 233. The first-order valence-electron chi connectivity index (χ1n) is 10.7. The lowest BCUT2D eigenvalue weighted by molar-refractivity contribution is 0.510. The fraction of sp³-hybridized carbons (Fsp3) is 0.955. The largest absolute Gasteiger partial charge is 0.314 e. The van der Waals surface area contributed by atoms with Gasteiger partial charge >= 0.3 is 0 Å². The summed E-state index contributed by atoms with van der Waals surface area (Å²) in [5.41, 5.74) is 0. The van der Waals surface area contributed by atoms with Crippen LogP contribution in [0.4, 0.5) is 0 Å². The Morgan fingerprint density at radius 3 is 1.13 bits per heavy atom. The molecule has 0 aliphatic carbocycles.